The van der Waals surface area contributed by atoms with Gasteiger partial charge in [0.2, 0.25) is 5.39 Å². The van der Waals surface area contributed by atoms with E-state index in [0.29, 0.717) is 0 Å². The lowest BCUT2D eigenvalue weighted by molar-refractivity contribution is -0.385. The van der Waals surface area contributed by atoms with Crippen LogP contribution in [-0.4, -0.2) is 19.3 Å². The van der Waals surface area contributed by atoms with Crippen molar-refractivity contribution < 1.29 is 26.9 Å². The smallest absolute Gasteiger partial charge is 0.490 e. The number of benzene rings is 1. The number of hydrogen-bond acceptors (Lipinski definition) is 4. The van der Waals surface area contributed by atoms with Gasteiger partial charge in [-0.1, -0.05) is 0 Å². The number of rotatable bonds is 2. The molecule has 98 valence electrons. The summed E-state index contributed by atoms with van der Waals surface area (Å²) in [4.78, 5) is 12.7. The minimum Gasteiger partial charge on any atom is -0.490 e. The SMILES string of the molecule is COc1ccc([N+]#N)cc1[N+](=O)[O-].F[B-](F)(F)F. The van der Waals surface area contributed by atoms with Crippen molar-refractivity contribution in [2.24, 2.45) is 0 Å². The van der Waals surface area contributed by atoms with Crippen LogP contribution in [0.5, 0.6) is 5.75 Å². The first kappa shape index (κ1) is 15.6. The van der Waals surface area contributed by atoms with Crippen LogP contribution in [0, 0.1) is 15.5 Å². The standard InChI is InChI=1S/C7H6N3O3.BF4/c1-13-7-3-2-5(9-8)4-6(7)10(11)12;2-1(3,4)5/h2-4H,1H3;/q+1;-1. The number of nitro groups is 1. The van der Waals surface area contributed by atoms with Gasteiger partial charge in [-0.15, -0.1) is 0 Å². The molecule has 18 heavy (non-hydrogen) atoms. The van der Waals surface area contributed by atoms with E-state index >= 15 is 0 Å². The molecule has 0 radical (unpaired) electrons. The Hall–Kier alpha value is -2.38. The normalized spacial score (nSPS) is 9.78. The predicted molar refractivity (Wildman–Crippen MR) is 54.6 cm³/mol. The maximum absolute atomic E-state index is 10.5. The molecule has 0 aromatic heterocycles. The molecular weight excluding hydrogens is 261 g/mol. The van der Waals surface area contributed by atoms with Crippen molar-refractivity contribution in [3.05, 3.63) is 33.3 Å². The molecule has 11 heteroatoms. The Balaban J connectivity index is 0.000000494. The van der Waals surface area contributed by atoms with E-state index in [4.69, 9.17) is 10.1 Å². The summed E-state index contributed by atoms with van der Waals surface area (Å²) in [5, 5.41) is 18.8. The van der Waals surface area contributed by atoms with Gasteiger partial charge < -0.3 is 22.0 Å². The van der Waals surface area contributed by atoms with Gasteiger partial charge in [-0.05, 0) is 6.07 Å². The number of nitrogens with zero attached hydrogens (tertiary/aromatic N) is 3. The highest BCUT2D eigenvalue weighted by atomic mass is 19.5. The second-order valence-corrected chi connectivity index (χ2v) is 2.71. The van der Waals surface area contributed by atoms with E-state index in [1.807, 2.05) is 0 Å². The molecule has 0 spiro atoms. The average molecular weight is 267 g/mol. The largest absolute Gasteiger partial charge is 0.673 e. The fraction of sp³-hybridized carbons (Fsp3) is 0.143. The van der Waals surface area contributed by atoms with E-state index in [1.165, 1.54) is 19.2 Å². The summed E-state index contributed by atoms with van der Waals surface area (Å²) < 4.78 is 43.7. The lowest BCUT2D eigenvalue weighted by Gasteiger charge is -1.97. The van der Waals surface area contributed by atoms with Gasteiger partial charge in [0, 0.05) is 6.07 Å². The zero-order chi connectivity index (χ0) is 14.3. The van der Waals surface area contributed by atoms with Crippen molar-refractivity contribution in [2.75, 3.05) is 7.11 Å². The number of ether oxygens (including phenoxy) is 1. The van der Waals surface area contributed by atoms with Gasteiger partial charge in [-0.25, -0.2) is 0 Å². The molecule has 0 saturated heterocycles. The van der Waals surface area contributed by atoms with E-state index in [-0.39, 0.29) is 17.1 Å². The monoisotopic (exact) mass is 267 g/mol. The van der Waals surface area contributed by atoms with Crippen LogP contribution in [0.1, 0.15) is 0 Å². The number of hydrogen-bond donors (Lipinski definition) is 0. The number of diazo groups is 1. The molecule has 0 saturated carbocycles. The van der Waals surface area contributed by atoms with Crippen molar-refractivity contribution in [1.82, 2.24) is 0 Å². The summed E-state index contributed by atoms with van der Waals surface area (Å²) >= 11 is 0. The molecule has 0 unspecified atom stereocenters. The first-order valence-corrected chi connectivity index (χ1v) is 4.24. The molecule has 0 heterocycles. The Morgan fingerprint density at radius 2 is 1.89 bits per heavy atom. The van der Waals surface area contributed by atoms with Crippen LogP contribution in [0.2, 0.25) is 0 Å². The van der Waals surface area contributed by atoms with Crippen LogP contribution in [0.4, 0.5) is 28.6 Å². The molecule has 0 aliphatic carbocycles. The molecule has 1 rings (SSSR count). The second-order valence-electron chi connectivity index (χ2n) is 2.71. The summed E-state index contributed by atoms with van der Waals surface area (Å²) in [6.45, 7) is 0. The predicted octanol–water partition coefficient (Wildman–Crippen LogP) is 3.39. The van der Waals surface area contributed by atoms with Crippen LogP contribution in [-0.2, 0) is 0 Å². The zero-order valence-electron chi connectivity index (χ0n) is 8.89. The first-order valence-electron chi connectivity index (χ1n) is 4.24. The molecular formula is C7H6BF4N3O3. The molecule has 1 aromatic carbocycles. The number of halogens is 4. The van der Waals surface area contributed by atoms with Crippen LogP contribution < -0.4 is 4.74 Å². The second kappa shape index (κ2) is 6.38. The van der Waals surface area contributed by atoms with Crippen LogP contribution in [0.25, 0.3) is 4.98 Å². The van der Waals surface area contributed by atoms with E-state index in [1.54, 1.807) is 0 Å². The first-order chi connectivity index (χ1) is 8.19. The van der Waals surface area contributed by atoms with E-state index < -0.39 is 12.2 Å². The maximum atomic E-state index is 10.5. The Kier molecular flexibility index (Phi) is 5.54. The van der Waals surface area contributed by atoms with Crippen LogP contribution in [0.15, 0.2) is 18.2 Å². The fourth-order valence-corrected chi connectivity index (χ4v) is 0.883. The third kappa shape index (κ3) is 6.26. The summed E-state index contributed by atoms with van der Waals surface area (Å²) in [6.07, 6.45) is 0. The van der Waals surface area contributed by atoms with Crippen molar-refractivity contribution in [3.63, 3.8) is 0 Å². The quantitative estimate of drug-likeness (QED) is 0.270. The molecule has 0 aliphatic rings. The number of methoxy groups -OCH3 is 1. The Morgan fingerprint density at radius 1 is 1.39 bits per heavy atom. The van der Waals surface area contributed by atoms with Crippen LogP contribution in [0.3, 0.4) is 0 Å². The van der Waals surface area contributed by atoms with Crippen molar-refractivity contribution in [3.8, 4) is 5.75 Å². The van der Waals surface area contributed by atoms with Gasteiger partial charge >= 0.3 is 18.6 Å². The van der Waals surface area contributed by atoms with Crippen molar-refractivity contribution in [2.45, 2.75) is 0 Å². The Labute approximate surface area is 98.0 Å². The molecule has 0 atom stereocenters. The third-order valence-corrected chi connectivity index (χ3v) is 1.47. The van der Waals surface area contributed by atoms with Crippen molar-refractivity contribution in [1.29, 1.82) is 5.39 Å². The van der Waals surface area contributed by atoms with E-state index in [2.05, 4.69) is 4.98 Å². The average Bonchev–Trinajstić information content (AvgIpc) is 2.25. The Bertz CT molecular complexity index is 468. The highest BCUT2D eigenvalue weighted by Gasteiger charge is 2.20. The summed E-state index contributed by atoms with van der Waals surface area (Å²) in [5.74, 6) is 0.136. The maximum Gasteiger partial charge on any atom is 0.673 e. The van der Waals surface area contributed by atoms with Gasteiger partial charge in [-0.3, -0.25) is 10.1 Å². The lowest BCUT2D eigenvalue weighted by Crippen LogP contribution is -2.02. The summed E-state index contributed by atoms with van der Waals surface area (Å²) in [7, 11) is -4.67. The topological polar surface area (TPSA) is 80.5 Å². The molecule has 0 fully saturated rings. The van der Waals surface area contributed by atoms with Gasteiger partial charge in [-0.2, -0.15) is 0 Å². The third-order valence-electron chi connectivity index (χ3n) is 1.47. The van der Waals surface area contributed by atoms with E-state index in [0.717, 1.165) is 6.07 Å². The molecule has 0 amide bonds. The lowest BCUT2D eigenvalue weighted by atomic mass is 10.2. The highest BCUT2D eigenvalue weighted by molar-refractivity contribution is 6.50. The van der Waals surface area contributed by atoms with E-state index in [9.17, 15) is 27.4 Å². The summed E-state index contributed by atoms with van der Waals surface area (Å²) in [5.41, 5.74) is -0.106. The minimum atomic E-state index is -6.00. The molecule has 1 aromatic rings. The zero-order valence-corrected chi connectivity index (χ0v) is 8.89. The summed E-state index contributed by atoms with van der Waals surface area (Å²) in [6, 6.07) is 3.90. The van der Waals surface area contributed by atoms with Crippen LogP contribution >= 0.6 is 0 Å². The highest BCUT2D eigenvalue weighted by Crippen LogP contribution is 2.30. The number of nitro benzene ring substituents is 1. The van der Waals surface area contributed by atoms with Crippen molar-refractivity contribution >= 4 is 18.6 Å². The Morgan fingerprint density at radius 3 is 2.22 bits per heavy atom. The molecule has 0 bridgehead atoms. The van der Waals surface area contributed by atoms with Gasteiger partial charge in [0.1, 0.15) is 6.07 Å². The minimum absolute atomic E-state index is 0.118. The fourth-order valence-electron chi connectivity index (χ4n) is 0.883. The van der Waals surface area contributed by atoms with Gasteiger partial charge in [0.25, 0.3) is 0 Å². The van der Waals surface area contributed by atoms with Gasteiger partial charge in [0.15, 0.2) is 10.7 Å². The molecule has 6 nitrogen and oxygen atoms in total. The van der Waals surface area contributed by atoms with Gasteiger partial charge in [0.05, 0.1) is 12.0 Å². The molecule has 0 aliphatic heterocycles. The molecule has 0 N–H and O–H groups in total.